The normalized spacial score (nSPS) is 14.5. The van der Waals surface area contributed by atoms with Crippen LogP contribution in [0.4, 0.5) is 5.82 Å². The number of nitrogens with one attached hydrogen (secondary N) is 1. The summed E-state index contributed by atoms with van der Waals surface area (Å²) in [6.45, 7) is 3.07. The molecule has 198 valence electrons. The third-order valence-electron chi connectivity index (χ3n) is 6.86. The third-order valence-corrected chi connectivity index (χ3v) is 7.10. The Hall–Kier alpha value is -4.21. The van der Waals surface area contributed by atoms with Gasteiger partial charge < -0.3 is 23.9 Å². The van der Waals surface area contributed by atoms with Crippen molar-refractivity contribution in [2.24, 2.45) is 7.05 Å². The highest BCUT2D eigenvalue weighted by Crippen LogP contribution is 2.27. The monoisotopic (exact) mass is 542 g/mol. The van der Waals surface area contributed by atoms with Crippen molar-refractivity contribution in [2.75, 3.05) is 31.2 Å². The molecule has 1 aliphatic rings. The summed E-state index contributed by atoms with van der Waals surface area (Å²) in [7, 11) is 1.94. The van der Waals surface area contributed by atoms with Gasteiger partial charge in [-0.25, -0.2) is 9.97 Å². The second-order valence-electron chi connectivity index (χ2n) is 9.41. The molecule has 1 saturated heterocycles. The van der Waals surface area contributed by atoms with Crippen LogP contribution in [-0.4, -0.2) is 51.7 Å². The highest BCUT2D eigenvalue weighted by atomic mass is 35.5. The van der Waals surface area contributed by atoms with E-state index in [-0.39, 0.29) is 11.7 Å². The first-order valence-corrected chi connectivity index (χ1v) is 13.1. The van der Waals surface area contributed by atoms with Crippen LogP contribution in [0.3, 0.4) is 0 Å². The van der Waals surface area contributed by atoms with Crippen molar-refractivity contribution in [1.82, 2.24) is 24.8 Å². The second-order valence-corrected chi connectivity index (χ2v) is 9.85. The number of amides is 1. The Morgan fingerprint density at radius 3 is 2.69 bits per heavy atom. The van der Waals surface area contributed by atoms with Crippen molar-refractivity contribution in [3.05, 3.63) is 95.5 Å². The van der Waals surface area contributed by atoms with Crippen molar-refractivity contribution in [3.63, 3.8) is 0 Å². The van der Waals surface area contributed by atoms with Gasteiger partial charge in [0.15, 0.2) is 5.76 Å². The van der Waals surface area contributed by atoms with Crippen molar-refractivity contribution in [2.45, 2.75) is 12.5 Å². The summed E-state index contributed by atoms with van der Waals surface area (Å²) in [6, 6.07) is 16.3. The minimum Gasteiger partial charge on any atom is -0.451 e. The van der Waals surface area contributed by atoms with Crippen LogP contribution in [0, 0.1) is 0 Å². The summed E-state index contributed by atoms with van der Waals surface area (Å²) < 4.78 is 13.2. The van der Waals surface area contributed by atoms with E-state index in [1.54, 1.807) is 30.5 Å². The van der Waals surface area contributed by atoms with Crippen molar-refractivity contribution in [1.29, 1.82) is 0 Å². The number of morpholine rings is 1. The van der Waals surface area contributed by atoms with E-state index in [0.29, 0.717) is 36.1 Å². The van der Waals surface area contributed by atoms with Crippen LogP contribution in [0.1, 0.15) is 28.1 Å². The van der Waals surface area contributed by atoms with E-state index in [0.717, 1.165) is 41.2 Å². The smallest absolute Gasteiger partial charge is 0.287 e. The summed E-state index contributed by atoms with van der Waals surface area (Å²) in [5.74, 6) is 1.48. The summed E-state index contributed by atoms with van der Waals surface area (Å²) in [5, 5.41) is 4.45. The second kappa shape index (κ2) is 10.9. The standard InChI is InChI=1S/C29H27ClN6O3/c1-35-24(19-5-8-27(32-17-19)36-10-12-38-13-11-36)18-33-28(35)23(16-22-4-2-3-9-31-22)34-29(37)26-15-20-14-21(30)6-7-25(20)39-26/h2-9,14-15,17-18,23H,10-13,16H2,1H3,(H,34,37)/t23-/m0/s1. The van der Waals surface area contributed by atoms with Crippen molar-refractivity contribution < 1.29 is 13.9 Å². The van der Waals surface area contributed by atoms with Gasteiger partial charge in [0.1, 0.15) is 17.2 Å². The van der Waals surface area contributed by atoms with Crippen LogP contribution in [0.25, 0.3) is 22.2 Å². The summed E-state index contributed by atoms with van der Waals surface area (Å²) in [6.07, 6.45) is 5.86. The molecule has 6 rings (SSSR count). The maximum absolute atomic E-state index is 13.3. The molecule has 5 heterocycles. The molecular formula is C29H27ClN6O3. The molecule has 9 nitrogen and oxygen atoms in total. The molecule has 0 radical (unpaired) electrons. The molecule has 0 aliphatic carbocycles. The van der Waals surface area contributed by atoms with E-state index in [1.807, 2.05) is 54.3 Å². The topological polar surface area (TPSA) is 98.3 Å². The number of carbonyl (C=O) groups excluding carboxylic acids is 1. The quantitative estimate of drug-likeness (QED) is 0.314. The molecule has 39 heavy (non-hydrogen) atoms. The average molecular weight is 543 g/mol. The number of ether oxygens (including phenoxy) is 1. The molecule has 0 saturated carbocycles. The van der Waals surface area contributed by atoms with E-state index >= 15 is 0 Å². The van der Waals surface area contributed by atoms with Crippen LogP contribution in [0.2, 0.25) is 5.02 Å². The van der Waals surface area contributed by atoms with Crippen molar-refractivity contribution in [3.8, 4) is 11.3 Å². The number of hydrogen-bond acceptors (Lipinski definition) is 7. The van der Waals surface area contributed by atoms with Crippen LogP contribution in [0.5, 0.6) is 0 Å². The molecular weight excluding hydrogens is 516 g/mol. The third kappa shape index (κ3) is 5.36. The minimum absolute atomic E-state index is 0.204. The Morgan fingerprint density at radius 2 is 1.92 bits per heavy atom. The zero-order valence-corrected chi connectivity index (χ0v) is 22.1. The Morgan fingerprint density at radius 1 is 1.05 bits per heavy atom. The lowest BCUT2D eigenvalue weighted by atomic mass is 10.1. The number of furan rings is 1. The molecule has 1 aromatic carbocycles. The fraction of sp³-hybridized carbons (Fsp3) is 0.241. The van der Waals surface area contributed by atoms with Crippen LogP contribution >= 0.6 is 11.6 Å². The fourth-order valence-electron chi connectivity index (χ4n) is 4.82. The summed E-state index contributed by atoms with van der Waals surface area (Å²) in [4.78, 5) is 29.4. The van der Waals surface area contributed by atoms with Crippen LogP contribution in [-0.2, 0) is 18.2 Å². The predicted octanol–water partition coefficient (Wildman–Crippen LogP) is 4.83. The number of pyridine rings is 2. The molecule has 0 bridgehead atoms. The number of nitrogens with zero attached hydrogens (tertiary/aromatic N) is 5. The molecule has 10 heteroatoms. The predicted molar refractivity (Wildman–Crippen MR) is 149 cm³/mol. The molecule has 1 N–H and O–H groups in total. The van der Waals surface area contributed by atoms with Crippen LogP contribution < -0.4 is 10.2 Å². The zero-order chi connectivity index (χ0) is 26.8. The fourth-order valence-corrected chi connectivity index (χ4v) is 5.00. The number of hydrogen-bond donors (Lipinski definition) is 1. The highest BCUT2D eigenvalue weighted by Gasteiger charge is 2.24. The lowest BCUT2D eigenvalue weighted by molar-refractivity contribution is 0.0908. The van der Waals surface area contributed by atoms with E-state index in [1.165, 1.54) is 0 Å². The largest absolute Gasteiger partial charge is 0.451 e. The lowest BCUT2D eigenvalue weighted by Gasteiger charge is -2.27. The molecule has 0 spiro atoms. The number of rotatable bonds is 7. The molecule has 0 unspecified atom stereocenters. The van der Waals surface area contributed by atoms with Gasteiger partial charge in [0.05, 0.1) is 31.1 Å². The van der Waals surface area contributed by atoms with Gasteiger partial charge in [0, 0.05) is 60.6 Å². The molecule has 4 aromatic heterocycles. The van der Waals surface area contributed by atoms with E-state index in [4.69, 9.17) is 25.7 Å². The first-order chi connectivity index (χ1) is 19.0. The van der Waals surface area contributed by atoms with Gasteiger partial charge in [-0.2, -0.15) is 0 Å². The Labute approximate surface area is 230 Å². The first-order valence-electron chi connectivity index (χ1n) is 12.8. The first kappa shape index (κ1) is 25.1. The van der Waals surface area contributed by atoms with Gasteiger partial charge in [-0.1, -0.05) is 17.7 Å². The highest BCUT2D eigenvalue weighted by molar-refractivity contribution is 6.31. The maximum Gasteiger partial charge on any atom is 0.287 e. The number of anilines is 1. The van der Waals surface area contributed by atoms with Gasteiger partial charge >= 0.3 is 0 Å². The Balaban J connectivity index is 1.28. The van der Waals surface area contributed by atoms with Crippen LogP contribution in [0.15, 0.2) is 77.6 Å². The van der Waals surface area contributed by atoms with Gasteiger partial charge in [-0.15, -0.1) is 0 Å². The SMILES string of the molecule is Cn1c(-c2ccc(N3CCOCC3)nc2)cnc1[C@H](Cc1ccccn1)NC(=O)c1cc2cc(Cl)ccc2o1. The maximum atomic E-state index is 13.3. The number of halogens is 1. The number of aromatic nitrogens is 4. The van der Waals surface area contributed by atoms with Crippen molar-refractivity contribution >= 4 is 34.3 Å². The van der Waals surface area contributed by atoms with Gasteiger partial charge in [-0.05, 0) is 48.5 Å². The average Bonchev–Trinajstić information content (AvgIpc) is 3.57. The van der Waals surface area contributed by atoms with E-state index in [2.05, 4.69) is 20.2 Å². The zero-order valence-electron chi connectivity index (χ0n) is 21.4. The van der Waals surface area contributed by atoms with Gasteiger partial charge in [0.25, 0.3) is 5.91 Å². The van der Waals surface area contributed by atoms with Gasteiger partial charge in [-0.3, -0.25) is 9.78 Å². The van der Waals surface area contributed by atoms with E-state index < -0.39 is 6.04 Å². The minimum atomic E-state index is -0.455. The number of fused-ring (bicyclic) bond motifs is 1. The number of imidazole rings is 1. The summed E-state index contributed by atoms with van der Waals surface area (Å²) in [5.41, 5.74) is 3.26. The van der Waals surface area contributed by atoms with E-state index in [9.17, 15) is 4.79 Å². The molecule has 1 fully saturated rings. The Bertz CT molecular complexity index is 1590. The lowest BCUT2D eigenvalue weighted by Crippen LogP contribution is -2.36. The number of carbonyl (C=O) groups is 1. The molecule has 5 aromatic rings. The molecule has 1 aliphatic heterocycles. The molecule has 1 atom stereocenters. The van der Waals surface area contributed by atoms with Gasteiger partial charge in [0.2, 0.25) is 0 Å². The summed E-state index contributed by atoms with van der Waals surface area (Å²) >= 11 is 6.11. The number of benzene rings is 1. The Kier molecular flexibility index (Phi) is 7.00. The molecule has 1 amide bonds.